The monoisotopic (exact) mass is 293 g/mol. The standard InChI is InChI=1S/C17H28FN3/c1-5-19-13-14-7-6-8-15(18)16(14)20-9-11-21(12-10-20)17(2,3)4/h6-8,19H,5,9-13H2,1-4H3. The van der Waals surface area contributed by atoms with Crippen molar-refractivity contribution in [1.29, 1.82) is 0 Å². The molecule has 1 fully saturated rings. The largest absolute Gasteiger partial charge is 0.366 e. The Hall–Kier alpha value is -1.13. The average Bonchev–Trinajstić information content (AvgIpc) is 2.44. The number of piperazine rings is 1. The molecule has 0 aliphatic carbocycles. The Morgan fingerprint density at radius 2 is 1.81 bits per heavy atom. The maximum absolute atomic E-state index is 14.3. The number of anilines is 1. The van der Waals surface area contributed by atoms with Crippen LogP contribution >= 0.6 is 0 Å². The highest BCUT2D eigenvalue weighted by molar-refractivity contribution is 5.55. The van der Waals surface area contributed by atoms with Crippen LogP contribution in [0.2, 0.25) is 0 Å². The Bertz CT molecular complexity index is 460. The van der Waals surface area contributed by atoms with Gasteiger partial charge in [0.1, 0.15) is 5.82 Å². The van der Waals surface area contributed by atoms with Gasteiger partial charge in [-0.25, -0.2) is 4.39 Å². The lowest BCUT2D eigenvalue weighted by Crippen LogP contribution is -2.53. The van der Waals surface area contributed by atoms with Crippen LogP contribution in [-0.2, 0) is 6.54 Å². The lowest BCUT2D eigenvalue weighted by molar-refractivity contribution is 0.128. The Morgan fingerprint density at radius 3 is 2.38 bits per heavy atom. The molecule has 4 heteroatoms. The molecule has 1 aliphatic rings. The van der Waals surface area contributed by atoms with Gasteiger partial charge < -0.3 is 10.2 Å². The van der Waals surface area contributed by atoms with Gasteiger partial charge in [0.15, 0.2) is 0 Å². The van der Waals surface area contributed by atoms with E-state index in [0.717, 1.165) is 50.5 Å². The van der Waals surface area contributed by atoms with Crippen LogP contribution < -0.4 is 10.2 Å². The number of halogens is 1. The van der Waals surface area contributed by atoms with Crippen molar-refractivity contribution in [2.75, 3.05) is 37.6 Å². The molecule has 1 aromatic carbocycles. The molecule has 0 atom stereocenters. The van der Waals surface area contributed by atoms with Crippen molar-refractivity contribution in [1.82, 2.24) is 10.2 Å². The second kappa shape index (κ2) is 6.75. The first-order valence-electron chi connectivity index (χ1n) is 7.91. The van der Waals surface area contributed by atoms with Crippen molar-refractivity contribution >= 4 is 5.69 Å². The molecule has 0 aromatic heterocycles. The van der Waals surface area contributed by atoms with Crippen LogP contribution in [0, 0.1) is 5.82 Å². The Balaban J connectivity index is 2.12. The predicted molar refractivity (Wildman–Crippen MR) is 87.3 cm³/mol. The Labute approximate surface area is 128 Å². The highest BCUT2D eigenvalue weighted by Crippen LogP contribution is 2.27. The third-order valence-electron chi connectivity index (χ3n) is 4.18. The molecular formula is C17H28FN3. The molecule has 0 spiro atoms. The minimum atomic E-state index is -0.102. The zero-order valence-corrected chi connectivity index (χ0v) is 13.7. The number of rotatable bonds is 4. The summed E-state index contributed by atoms with van der Waals surface area (Å²) in [5.41, 5.74) is 2.03. The molecule has 0 radical (unpaired) electrons. The van der Waals surface area contributed by atoms with E-state index in [2.05, 4.69) is 42.8 Å². The van der Waals surface area contributed by atoms with Gasteiger partial charge in [0, 0.05) is 38.3 Å². The number of nitrogens with zero attached hydrogens (tertiary/aromatic N) is 2. The fourth-order valence-corrected chi connectivity index (χ4v) is 2.92. The van der Waals surface area contributed by atoms with E-state index in [0.29, 0.717) is 0 Å². The van der Waals surface area contributed by atoms with Crippen LogP contribution in [0.25, 0.3) is 0 Å². The molecule has 21 heavy (non-hydrogen) atoms. The number of nitrogens with one attached hydrogen (secondary N) is 1. The maximum Gasteiger partial charge on any atom is 0.146 e. The van der Waals surface area contributed by atoms with Gasteiger partial charge >= 0.3 is 0 Å². The quantitative estimate of drug-likeness (QED) is 0.921. The highest BCUT2D eigenvalue weighted by atomic mass is 19.1. The normalized spacial score (nSPS) is 17.3. The van der Waals surface area contributed by atoms with Crippen molar-refractivity contribution in [3.05, 3.63) is 29.6 Å². The number of hydrogen-bond acceptors (Lipinski definition) is 3. The van der Waals surface area contributed by atoms with Crippen LogP contribution in [0.5, 0.6) is 0 Å². The summed E-state index contributed by atoms with van der Waals surface area (Å²) >= 11 is 0. The predicted octanol–water partition coefficient (Wildman–Crippen LogP) is 2.86. The molecule has 0 saturated carbocycles. The first-order chi connectivity index (χ1) is 9.93. The molecule has 118 valence electrons. The van der Waals surface area contributed by atoms with Gasteiger partial charge in [-0.1, -0.05) is 19.1 Å². The van der Waals surface area contributed by atoms with Crippen molar-refractivity contribution in [3.8, 4) is 0 Å². The molecule has 0 amide bonds. The van der Waals surface area contributed by atoms with E-state index < -0.39 is 0 Å². The molecule has 1 aromatic rings. The smallest absolute Gasteiger partial charge is 0.146 e. The third kappa shape index (κ3) is 3.95. The van der Waals surface area contributed by atoms with Crippen LogP contribution in [-0.4, -0.2) is 43.2 Å². The zero-order valence-electron chi connectivity index (χ0n) is 13.7. The fraction of sp³-hybridized carbons (Fsp3) is 0.647. The highest BCUT2D eigenvalue weighted by Gasteiger charge is 2.27. The van der Waals surface area contributed by atoms with E-state index in [9.17, 15) is 4.39 Å². The van der Waals surface area contributed by atoms with Crippen LogP contribution in [0.4, 0.5) is 10.1 Å². The van der Waals surface area contributed by atoms with E-state index in [1.54, 1.807) is 12.1 Å². The van der Waals surface area contributed by atoms with E-state index >= 15 is 0 Å². The summed E-state index contributed by atoms with van der Waals surface area (Å²) in [6.07, 6.45) is 0. The number of para-hydroxylation sites is 1. The second-order valence-corrected chi connectivity index (χ2v) is 6.67. The summed E-state index contributed by atoms with van der Waals surface area (Å²) in [7, 11) is 0. The molecular weight excluding hydrogens is 265 g/mol. The number of hydrogen-bond donors (Lipinski definition) is 1. The van der Waals surface area contributed by atoms with E-state index in [1.807, 2.05) is 6.07 Å². The van der Waals surface area contributed by atoms with Gasteiger partial charge in [0.25, 0.3) is 0 Å². The summed E-state index contributed by atoms with van der Waals surface area (Å²) in [5, 5.41) is 3.30. The summed E-state index contributed by atoms with van der Waals surface area (Å²) in [4.78, 5) is 4.67. The van der Waals surface area contributed by atoms with Crippen LogP contribution in [0.15, 0.2) is 18.2 Å². The topological polar surface area (TPSA) is 18.5 Å². The summed E-state index contributed by atoms with van der Waals surface area (Å²) in [6, 6.07) is 5.40. The molecule has 0 unspecified atom stereocenters. The van der Waals surface area contributed by atoms with E-state index in [1.165, 1.54) is 0 Å². The van der Waals surface area contributed by atoms with Gasteiger partial charge in [0.05, 0.1) is 5.69 Å². The molecule has 2 rings (SSSR count). The van der Waals surface area contributed by atoms with E-state index in [-0.39, 0.29) is 11.4 Å². The zero-order chi connectivity index (χ0) is 15.5. The van der Waals surface area contributed by atoms with Crippen molar-refractivity contribution < 1.29 is 4.39 Å². The van der Waals surface area contributed by atoms with E-state index in [4.69, 9.17) is 0 Å². The summed E-state index contributed by atoms with van der Waals surface area (Å²) in [5.74, 6) is -0.102. The first-order valence-corrected chi connectivity index (χ1v) is 7.91. The van der Waals surface area contributed by atoms with Crippen LogP contribution in [0.3, 0.4) is 0 Å². The van der Waals surface area contributed by atoms with Gasteiger partial charge in [0.2, 0.25) is 0 Å². The van der Waals surface area contributed by atoms with Crippen molar-refractivity contribution in [2.45, 2.75) is 39.8 Å². The van der Waals surface area contributed by atoms with Crippen molar-refractivity contribution in [3.63, 3.8) is 0 Å². The van der Waals surface area contributed by atoms with Gasteiger partial charge in [-0.3, -0.25) is 4.90 Å². The molecule has 3 nitrogen and oxygen atoms in total. The molecule has 1 saturated heterocycles. The van der Waals surface area contributed by atoms with Crippen LogP contribution in [0.1, 0.15) is 33.3 Å². The molecule has 1 N–H and O–H groups in total. The lowest BCUT2D eigenvalue weighted by atomic mass is 10.0. The average molecular weight is 293 g/mol. The SMILES string of the molecule is CCNCc1cccc(F)c1N1CCN(C(C)(C)C)CC1. The molecule has 1 heterocycles. The maximum atomic E-state index is 14.3. The van der Waals surface area contributed by atoms with Gasteiger partial charge in [-0.15, -0.1) is 0 Å². The Kier molecular flexibility index (Phi) is 5.22. The number of benzene rings is 1. The summed E-state index contributed by atoms with van der Waals surface area (Å²) < 4.78 is 14.3. The van der Waals surface area contributed by atoms with Gasteiger partial charge in [-0.05, 0) is 38.9 Å². The second-order valence-electron chi connectivity index (χ2n) is 6.67. The minimum Gasteiger partial charge on any atom is -0.366 e. The minimum absolute atomic E-state index is 0.102. The van der Waals surface area contributed by atoms with Gasteiger partial charge in [-0.2, -0.15) is 0 Å². The first kappa shape index (κ1) is 16.2. The molecule has 0 bridgehead atoms. The van der Waals surface area contributed by atoms with Crippen molar-refractivity contribution in [2.24, 2.45) is 0 Å². The molecule has 1 aliphatic heterocycles. The lowest BCUT2D eigenvalue weighted by Gasteiger charge is -2.43. The summed E-state index contributed by atoms with van der Waals surface area (Å²) in [6.45, 7) is 14.1. The third-order valence-corrected chi connectivity index (χ3v) is 4.18. The fourth-order valence-electron chi connectivity index (χ4n) is 2.92. The Morgan fingerprint density at radius 1 is 1.14 bits per heavy atom.